The largest absolute Gasteiger partial charge is 0.340 e. The Morgan fingerprint density at radius 2 is 1.65 bits per heavy atom. The quantitative estimate of drug-likeness (QED) is 0.731. The first-order valence-corrected chi connectivity index (χ1v) is 7.32. The van der Waals surface area contributed by atoms with Crippen LogP contribution in [0, 0.1) is 0 Å². The van der Waals surface area contributed by atoms with E-state index in [0.29, 0.717) is 13.2 Å². The van der Waals surface area contributed by atoms with Crippen molar-refractivity contribution in [1.82, 2.24) is 4.98 Å². The van der Waals surface area contributed by atoms with Gasteiger partial charge in [0.05, 0.1) is 18.4 Å². The first-order valence-electron chi connectivity index (χ1n) is 5.77. The average Bonchev–Trinajstić information content (AvgIpc) is 2.30. The topological polar surface area (TPSA) is 48.4 Å². The van der Waals surface area contributed by atoms with Crippen LogP contribution in [-0.4, -0.2) is 18.2 Å². The van der Waals surface area contributed by atoms with Crippen molar-refractivity contribution in [3.8, 4) is 0 Å². The standard InChI is InChI=1S/C12H20NO3P/c1-5-15-17(14,16-6-2)12(3,4)11-7-9-13-10-8-11/h7-10H,5-6H2,1-4H3. The highest BCUT2D eigenvalue weighted by Gasteiger charge is 2.44. The number of rotatable bonds is 6. The fraction of sp³-hybridized carbons (Fsp3) is 0.583. The number of aromatic nitrogens is 1. The van der Waals surface area contributed by atoms with Crippen molar-refractivity contribution in [1.29, 1.82) is 0 Å². The molecule has 5 heteroatoms. The van der Waals surface area contributed by atoms with Gasteiger partial charge in [0.25, 0.3) is 0 Å². The van der Waals surface area contributed by atoms with Crippen LogP contribution in [0.25, 0.3) is 0 Å². The Balaban J connectivity index is 3.13. The molecule has 96 valence electrons. The van der Waals surface area contributed by atoms with Crippen LogP contribution in [0.2, 0.25) is 0 Å². The van der Waals surface area contributed by atoms with Crippen LogP contribution < -0.4 is 0 Å². The summed E-state index contributed by atoms with van der Waals surface area (Å²) in [4.78, 5) is 3.96. The highest BCUT2D eigenvalue weighted by molar-refractivity contribution is 7.55. The van der Waals surface area contributed by atoms with Gasteiger partial charge in [0.2, 0.25) is 0 Å². The van der Waals surface area contributed by atoms with Gasteiger partial charge in [0, 0.05) is 12.4 Å². The molecule has 0 bridgehead atoms. The van der Waals surface area contributed by atoms with Gasteiger partial charge < -0.3 is 9.05 Å². The van der Waals surface area contributed by atoms with Crippen LogP contribution in [0.5, 0.6) is 0 Å². The molecular weight excluding hydrogens is 237 g/mol. The van der Waals surface area contributed by atoms with Gasteiger partial charge in [0.15, 0.2) is 0 Å². The van der Waals surface area contributed by atoms with Gasteiger partial charge in [0.1, 0.15) is 0 Å². The third kappa shape index (κ3) is 2.95. The molecule has 0 aromatic carbocycles. The lowest BCUT2D eigenvalue weighted by Gasteiger charge is -2.32. The fourth-order valence-electron chi connectivity index (χ4n) is 1.62. The predicted octanol–water partition coefficient (Wildman–Crippen LogP) is 3.58. The van der Waals surface area contributed by atoms with E-state index in [4.69, 9.17) is 9.05 Å². The van der Waals surface area contributed by atoms with Gasteiger partial charge in [-0.1, -0.05) is 0 Å². The maximum absolute atomic E-state index is 12.8. The van der Waals surface area contributed by atoms with Gasteiger partial charge in [-0.15, -0.1) is 0 Å². The lowest BCUT2D eigenvalue weighted by atomic mass is 10.0. The van der Waals surface area contributed by atoms with Crippen LogP contribution in [0.1, 0.15) is 33.3 Å². The molecule has 0 amide bonds. The molecule has 0 aliphatic rings. The summed E-state index contributed by atoms with van der Waals surface area (Å²) >= 11 is 0. The van der Waals surface area contributed by atoms with Crippen LogP contribution in [0.15, 0.2) is 24.5 Å². The van der Waals surface area contributed by atoms with E-state index in [-0.39, 0.29) is 0 Å². The Labute approximate surface area is 103 Å². The zero-order valence-electron chi connectivity index (χ0n) is 10.8. The molecule has 0 unspecified atom stereocenters. The molecule has 1 rings (SSSR count). The summed E-state index contributed by atoms with van der Waals surface area (Å²) in [5, 5.41) is -0.679. The van der Waals surface area contributed by atoms with Gasteiger partial charge in [-0.2, -0.15) is 0 Å². The van der Waals surface area contributed by atoms with E-state index < -0.39 is 12.8 Å². The SMILES string of the molecule is CCOP(=O)(OCC)C(C)(C)c1ccncc1. The molecule has 0 atom stereocenters. The maximum Gasteiger partial charge on any atom is 0.340 e. The Bertz CT molecular complexity index is 382. The third-order valence-corrected chi connectivity index (χ3v) is 5.49. The lowest BCUT2D eigenvalue weighted by Crippen LogP contribution is -2.21. The summed E-state index contributed by atoms with van der Waals surface area (Å²) in [5.74, 6) is 0. The molecule has 0 spiro atoms. The van der Waals surface area contributed by atoms with Gasteiger partial charge in [-0.05, 0) is 45.4 Å². The Kier molecular flexibility index (Phi) is 4.87. The second-order valence-electron chi connectivity index (χ2n) is 4.13. The monoisotopic (exact) mass is 257 g/mol. The molecule has 0 aliphatic heterocycles. The van der Waals surface area contributed by atoms with Crippen LogP contribution in [0.3, 0.4) is 0 Å². The summed E-state index contributed by atoms with van der Waals surface area (Å²) in [6, 6.07) is 3.68. The lowest BCUT2D eigenvalue weighted by molar-refractivity contribution is 0.201. The molecule has 1 aromatic rings. The molecule has 0 fully saturated rings. The van der Waals surface area contributed by atoms with Crippen molar-refractivity contribution >= 4 is 7.60 Å². The Hall–Kier alpha value is -0.700. The Morgan fingerprint density at radius 3 is 2.06 bits per heavy atom. The second kappa shape index (κ2) is 5.76. The normalized spacial score (nSPS) is 12.7. The molecule has 1 heterocycles. The van der Waals surface area contributed by atoms with E-state index in [1.807, 2.05) is 39.8 Å². The van der Waals surface area contributed by atoms with E-state index in [1.165, 1.54) is 0 Å². The number of hydrogen-bond donors (Lipinski definition) is 0. The first-order chi connectivity index (χ1) is 7.98. The highest BCUT2D eigenvalue weighted by Crippen LogP contribution is 2.64. The molecular formula is C12H20NO3P. The molecule has 0 radical (unpaired) electrons. The molecule has 0 aliphatic carbocycles. The smallest absolute Gasteiger partial charge is 0.308 e. The van der Waals surface area contributed by atoms with E-state index in [9.17, 15) is 4.57 Å². The molecule has 0 N–H and O–H groups in total. The summed E-state index contributed by atoms with van der Waals surface area (Å²) in [6.07, 6.45) is 3.36. The molecule has 4 nitrogen and oxygen atoms in total. The minimum absolute atomic E-state index is 0.367. The van der Waals surface area contributed by atoms with Crippen molar-refractivity contribution in [3.05, 3.63) is 30.1 Å². The van der Waals surface area contributed by atoms with Crippen molar-refractivity contribution in [2.45, 2.75) is 32.9 Å². The molecule has 0 saturated heterocycles. The predicted molar refractivity (Wildman–Crippen MR) is 68.1 cm³/mol. The summed E-state index contributed by atoms with van der Waals surface area (Å²) in [7, 11) is -3.17. The molecule has 1 aromatic heterocycles. The first kappa shape index (κ1) is 14.4. The third-order valence-electron chi connectivity index (χ3n) is 2.67. The summed E-state index contributed by atoms with van der Waals surface area (Å²) < 4.78 is 23.6. The zero-order chi connectivity index (χ0) is 12.9. The van der Waals surface area contributed by atoms with E-state index in [0.717, 1.165) is 5.56 Å². The second-order valence-corrected chi connectivity index (χ2v) is 6.76. The number of nitrogens with zero attached hydrogens (tertiary/aromatic N) is 1. The van der Waals surface area contributed by atoms with Gasteiger partial charge in [-0.3, -0.25) is 9.55 Å². The number of pyridine rings is 1. The van der Waals surface area contributed by atoms with Crippen molar-refractivity contribution < 1.29 is 13.6 Å². The van der Waals surface area contributed by atoms with Crippen molar-refractivity contribution in [2.75, 3.05) is 13.2 Å². The average molecular weight is 257 g/mol. The van der Waals surface area contributed by atoms with Crippen molar-refractivity contribution in [2.24, 2.45) is 0 Å². The maximum atomic E-state index is 12.8. The summed E-state index contributed by atoms with van der Waals surface area (Å²) in [6.45, 7) is 8.10. The van der Waals surface area contributed by atoms with Gasteiger partial charge >= 0.3 is 7.60 Å². The zero-order valence-corrected chi connectivity index (χ0v) is 11.7. The van der Waals surface area contributed by atoms with E-state index in [2.05, 4.69) is 4.98 Å². The molecule has 0 saturated carbocycles. The van der Waals surface area contributed by atoms with Crippen LogP contribution in [-0.2, 0) is 18.8 Å². The van der Waals surface area contributed by atoms with Gasteiger partial charge in [-0.25, -0.2) is 0 Å². The minimum Gasteiger partial charge on any atom is -0.308 e. The number of hydrogen-bond acceptors (Lipinski definition) is 4. The van der Waals surface area contributed by atoms with E-state index in [1.54, 1.807) is 12.4 Å². The van der Waals surface area contributed by atoms with Crippen LogP contribution in [0.4, 0.5) is 0 Å². The molecule has 17 heavy (non-hydrogen) atoms. The van der Waals surface area contributed by atoms with Crippen molar-refractivity contribution in [3.63, 3.8) is 0 Å². The Morgan fingerprint density at radius 1 is 1.18 bits per heavy atom. The van der Waals surface area contributed by atoms with Crippen LogP contribution >= 0.6 is 7.60 Å². The highest BCUT2D eigenvalue weighted by atomic mass is 31.2. The minimum atomic E-state index is -3.17. The van der Waals surface area contributed by atoms with E-state index >= 15 is 0 Å². The fourth-order valence-corrected chi connectivity index (χ4v) is 3.48. The summed E-state index contributed by atoms with van der Waals surface area (Å²) in [5.41, 5.74) is 0.901.